The van der Waals surface area contributed by atoms with Crippen molar-refractivity contribution >= 4 is 0 Å². The van der Waals surface area contributed by atoms with Crippen LogP contribution >= 0.6 is 0 Å². The number of pyridine rings is 1. The van der Waals surface area contributed by atoms with Crippen LogP contribution in [0.4, 0.5) is 8.78 Å². The van der Waals surface area contributed by atoms with Gasteiger partial charge in [-0.3, -0.25) is 0 Å². The third-order valence-corrected chi connectivity index (χ3v) is 1.41. The topological polar surface area (TPSA) is 36.7 Å². The van der Waals surface area contributed by atoms with Gasteiger partial charge in [-0.05, 0) is 19.1 Å². The Balaban J connectivity index is 0.000000791. The van der Waals surface area contributed by atoms with Crippen LogP contribution in [0.25, 0.3) is 0 Å². The number of aryl methyl sites for hydroxylation is 1. The molecular formula is C10H12F2N2. The molecule has 0 amide bonds. The molecule has 76 valence electrons. The Hall–Kier alpha value is -1.50. The van der Waals surface area contributed by atoms with Gasteiger partial charge in [-0.25, -0.2) is 13.8 Å². The standard InChI is InChI=1S/C8H6F2N2.C2H6/c1-5-2-3-6(8(9)10)7(4-11)12-5;1-2/h2-3,8H,1H3;1-2H3. The van der Waals surface area contributed by atoms with E-state index in [0.717, 1.165) is 0 Å². The molecule has 0 N–H and O–H groups in total. The fraction of sp³-hybridized carbons (Fsp3) is 0.400. The molecule has 0 radical (unpaired) electrons. The summed E-state index contributed by atoms with van der Waals surface area (Å²) < 4.78 is 24.3. The van der Waals surface area contributed by atoms with Crippen LogP contribution in [0.15, 0.2) is 12.1 Å². The van der Waals surface area contributed by atoms with Gasteiger partial charge in [0.15, 0.2) is 0 Å². The van der Waals surface area contributed by atoms with Gasteiger partial charge in [-0.2, -0.15) is 5.26 Å². The molecule has 0 bridgehead atoms. The molecule has 1 heterocycles. The van der Waals surface area contributed by atoms with Crippen molar-refractivity contribution in [3.63, 3.8) is 0 Å². The molecule has 14 heavy (non-hydrogen) atoms. The van der Waals surface area contributed by atoms with Crippen LogP contribution in [0, 0.1) is 18.3 Å². The monoisotopic (exact) mass is 198 g/mol. The Morgan fingerprint density at radius 2 is 1.93 bits per heavy atom. The number of nitrogens with zero attached hydrogens (tertiary/aromatic N) is 2. The molecule has 0 aliphatic carbocycles. The first kappa shape index (κ1) is 12.5. The van der Waals surface area contributed by atoms with E-state index in [0.29, 0.717) is 5.69 Å². The number of hydrogen-bond acceptors (Lipinski definition) is 2. The smallest absolute Gasteiger partial charge is 0.242 e. The van der Waals surface area contributed by atoms with E-state index < -0.39 is 6.43 Å². The summed E-state index contributed by atoms with van der Waals surface area (Å²) in [6.45, 7) is 5.65. The average Bonchev–Trinajstić information content (AvgIpc) is 2.20. The second-order valence-electron chi connectivity index (χ2n) is 2.30. The zero-order chi connectivity index (χ0) is 11.1. The zero-order valence-corrected chi connectivity index (χ0v) is 8.38. The lowest BCUT2D eigenvalue weighted by Crippen LogP contribution is -1.95. The normalized spacial score (nSPS) is 8.93. The van der Waals surface area contributed by atoms with Crippen LogP contribution < -0.4 is 0 Å². The van der Waals surface area contributed by atoms with E-state index in [4.69, 9.17) is 5.26 Å². The minimum absolute atomic E-state index is 0.190. The lowest BCUT2D eigenvalue weighted by atomic mass is 10.2. The summed E-state index contributed by atoms with van der Waals surface area (Å²) in [5.41, 5.74) is 0.0732. The van der Waals surface area contributed by atoms with Crippen molar-refractivity contribution in [1.29, 1.82) is 5.26 Å². The van der Waals surface area contributed by atoms with Crippen LogP contribution in [-0.2, 0) is 0 Å². The molecule has 2 nitrogen and oxygen atoms in total. The lowest BCUT2D eigenvalue weighted by molar-refractivity contribution is 0.150. The molecule has 0 fully saturated rings. The van der Waals surface area contributed by atoms with Crippen LogP contribution in [0.1, 0.15) is 37.2 Å². The summed E-state index contributed by atoms with van der Waals surface area (Å²) in [5, 5.41) is 8.45. The third-order valence-electron chi connectivity index (χ3n) is 1.41. The van der Waals surface area contributed by atoms with E-state index in [-0.39, 0.29) is 11.3 Å². The van der Waals surface area contributed by atoms with Crippen molar-refractivity contribution in [2.45, 2.75) is 27.2 Å². The van der Waals surface area contributed by atoms with Crippen molar-refractivity contribution in [3.05, 3.63) is 29.1 Å². The van der Waals surface area contributed by atoms with Crippen molar-refractivity contribution in [2.24, 2.45) is 0 Å². The van der Waals surface area contributed by atoms with Gasteiger partial charge in [0.2, 0.25) is 0 Å². The Morgan fingerprint density at radius 3 is 2.36 bits per heavy atom. The van der Waals surface area contributed by atoms with E-state index in [9.17, 15) is 8.78 Å². The highest BCUT2D eigenvalue weighted by atomic mass is 19.3. The quantitative estimate of drug-likeness (QED) is 0.694. The molecule has 4 heteroatoms. The van der Waals surface area contributed by atoms with Crippen LogP contribution in [0.3, 0.4) is 0 Å². The predicted molar refractivity (Wildman–Crippen MR) is 50.0 cm³/mol. The second-order valence-corrected chi connectivity index (χ2v) is 2.30. The molecule has 0 unspecified atom stereocenters. The summed E-state index contributed by atoms with van der Waals surface area (Å²) in [6, 6.07) is 4.31. The van der Waals surface area contributed by atoms with Gasteiger partial charge in [0.25, 0.3) is 6.43 Å². The van der Waals surface area contributed by atoms with E-state index in [1.165, 1.54) is 12.1 Å². The maximum absolute atomic E-state index is 12.2. The van der Waals surface area contributed by atoms with Gasteiger partial charge in [-0.15, -0.1) is 0 Å². The van der Waals surface area contributed by atoms with Gasteiger partial charge in [0.1, 0.15) is 11.8 Å². The Morgan fingerprint density at radius 1 is 1.36 bits per heavy atom. The molecule has 1 aromatic heterocycles. The molecule has 0 aliphatic rings. The minimum Gasteiger partial charge on any atom is -0.242 e. The minimum atomic E-state index is -2.63. The maximum Gasteiger partial charge on any atom is 0.266 e. The summed E-state index contributed by atoms with van der Waals surface area (Å²) in [6.07, 6.45) is -2.63. The first-order chi connectivity index (χ1) is 6.65. The van der Waals surface area contributed by atoms with E-state index >= 15 is 0 Å². The third kappa shape index (κ3) is 3.09. The molecule has 0 aliphatic heterocycles. The van der Waals surface area contributed by atoms with Gasteiger partial charge in [0.05, 0.1) is 5.56 Å². The van der Waals surface area contributed by atoms with Gasteiger partial charge in [0, 0.05) is 5.69 Å². The Bertz CT molecular complexity index is 329. The summed E-state index contributed by atoms with van der Waals surface area (Å²) in [5.74, 6) is 0. The summed E-state index contributed by atoms with van der Waals surface area (Å²) >= 11 is 0. The maximum atomic E-state index is 12.2. The van der Waals surface area contributed by atoms with Crippen LogP contribution in [0.5, 0.6) is 0 Å². The van der Waals surface area contributed by atoms with E-state index in [2.05, 4.69) is 4.98 Å². The van der Waals surface area contributed by atoms with Gasteiger partial charge < -0.3 is 0 Å². The molecule has 1 rings (SSSR count). The first-order valence-corrected chi connectivity index (χ1v) is 4.31. The fourth-order valence-electron chi connectivity index (χ4n) is 0.833. The first-order valence-electron chi connectivity index (χ1n) is 4.31. The van der Waals surface area contributed by atoms with Crippen molar-refractivity contribution in [1.82, 2.24) is 4.98 Å². The number of nitriles is 1. The number of aromatic nitrogens is 1. The number of alkyl halides is 2. The van der Waals surface area contributed by atoms with Crippen LogP contribution in [0.2, 0.25) is 0 Å². The fourth-order valence-corrected chi connectivity index (χ4v) is 0.833. The summed E-state index contributed by atoms with van der Waals surface area (Å²) in [7, 11) is 0. The Kier molecular flexibility index (Phi) is 5.38. The van der Waals surface area contributed by atoms with E-state index in [1.54, 1.807) is 13.0 Å². The molecule has 0 aromatic carbocycles. The highest BCUT2D eigenvalue weighted by molar-refractivity contribution is 5.33. The van der Waals surface area contributed by atoms with Gasteiger partial charge in [-0.1, -0.05) is 13.8 Å². The SMILES string of the molecule is CC.Cc1ccc(C(F)F)c(C#N)n1. The molecule has 0 saturated heterocycles. The average molecular weight is 198 g/mol. The van der Waals surface area contributed by atoms with Crippen molar-refractivity contribution < 1.29 is 8.78 Å². The van der Waals surface area contributed by atoms with Crippen molar-refractivity contribution in [3.8, 4) is 6.07 Å². The zero-order valence-electron chi connectivity index (χ0n) is 8.38. The molecule has 0 saturated carbocycles. The molecule has 0 atom stereocenters. The van der Waals surface area contributed by atoms with Gasteiger partial charge >= 0.3 is 0 Å². The molecular weight excluding hydrogens is 186 g/mol. The highest BCUT2D eigenvalue weighted by Gasteiger charge is 2.13. The van der Waals surface area contributed by atoms with Crippen molar-refractivity contribution in [2.75, 3.05) is 0 Å². The highest BCUT2D eigenvalue weighted by Crippen LogP contribution is 2.20. The van der Waals surface area contributed by atoms with Crippen LogP contribution in [-0.4, -0.2) is 4.98 Å². The largest absolute Gasteiger partial charge is 0.266 e. The summed E-state index contributed by atoms with van der Waals surface area (Å²) in [4.78, 5) is 3.67. The van der Waals surface area contributed by atoms with E-state index in [1.807, 2.05) is 13.8 Å². The number of hydrogen-bond donors (Lipinski definition) is 0. The molecule has 0 spiro atoms. The predicted octanol–water partition coefficient (Wildman–Crippen LogP) is 3.23. The number of halogens is 2. The Labute approximate surface area is 82.2 Å². The molecule has 1 aromatic rings. The lowest BCUT2D eigenvalue weighted by Gasteiger charge is -2.01. The number of rotatable bonds is 1. The second kappa shape index (κ2) is 6.03.